The van der Waals surface area contributed by atoms with Crippen molar-refractivity contribution in [2.75, 3.05) is 17.7 Å². The van der Waals surface area contributed by atoms with Crippen LogP contribution in [0.5, 0.6) is 5.75 Å². The molecule has 0 spiro atoms. The van der Waals surface area contributed by atoms with E-state index in [2.05, 4.69) is 24.3 Å². The molecular formula is C20H21BI2O3-2. The molecule has 0 aliphatic carbocycles. The number of benzene rings is 2. The van der Waals surface area contributed by atoms with E-state index in [-0.39, 0.29) is 5.97 Å². The summed E-state index contributed by atoms with van der Waals surface area (Å²) in [5.74, 6) is 1.20. The quantitative estimate of drug-likeness (QED) is 0.215. The minimum absolute atomic E-state index is 0.313. The zero-order valence-electron chi connectivity index (χ0n) is 14.7. The van der Waals surface area contributed by atoms with Gasteiger partial charge in [0.1, 0.15) is 0 Å². The summed E-state index contributed by atoms with van der Waals surface area (Å²) in [7, 11) is -0.652. The van der Waals surface area contributed by atoms with Crippen LogP contribution >= 0.6 is 0 Å². The summed E-state index contributed by atoms with van der Waals surface area (Å²) in [6.07, 6.45) is 1.20. The molecule has 2 aliphatic heterocycles. The normalized spacial score (nSPS) is 18.5. The standard InChI is InChI=1S/C20H21BI2O3/c1-14-2-7-18-19(10-14)25-21(26-20(18)24)17-5-3-15(4-6-17)11-16-12-22-8-9-23-13-16/h2-7,10,16H,8-9,11-13H2,1H3/q-2. The number of carbonyl (C=O) groups excluding carboxylic acids is 1. The molecule has 3 nitrogen and oxygen atoms in total. The molecule has 2 heterocycles. The molecule has 0 saturated carbocycles. The van der Waals surface area contributed by atoms with Crippen LogP contribution in [0.3, 0.4) is 0 Å². The number of hydrogen-bond acceptors (Lipinski definition) is 3. The molecule has 2 aromatic carbocycles. The first kappa shape index (κ1) is 18.6. The third kappa shape index (κ3) is 4.38. The fourth-order valence-electron chi connectivity index (χ4n) is 3.19. The Morgan fingerprint density at radius 3 is 2.50 bits per heavy atom. The Balaban J connectivity index is 1.46. The van der Waals surface area contributed by atoms with E-state index in [0.717, 1.165) is 16.9 Å². The Morgan fingerprint density at radius 1 is 1.04 bits per heavy atom. The molecule has 4 rings (SSSR count). The number of aryl methyl sites for hydroxylation is 1. The zero-order valence-corrected chi connectivity index (χ0v) is 19.0. The van der Waals surface area contributed by atoms with Crippen LogP contribution < -0.4 is 52.5 Å². The first-order valence-electron chi connectivity index (χ1n) is 8.83. The second-order valence-electron chi connectivity index (χ2n) is 6.73. The number of halogens is 2. The molecule has 0 aromatic heterocycles. The number of fused-ring (bicyclic) bond motifs is 1. The Bertz CT molecular complexity index is 786. The Hall–Kier alpha value is -0.765. The van der Waals surface area contributed by atoms with Crippen LogP contribution in [0.2, 0.25) is 0 Å². The Morgan fingerprint density at radius 2 is 1.77 bits per heavy atom. The van der Waals surface area contributed by atoms with E-state index < -0.39 is 7.12 Å². The minimum atomic E-state index is -0.652. The van der Waals surface area contributed by atoms with Gasteiger partial charge in [0, 0.05) is 0 Å². The van der Waals surface area contributed by atoms with Gasteiger partial charge in [0.2, 0.25) is 0 Å². The van der Waals surface area contributed by atoms with E-state index in [1.807, 2.05) is 19.1 Å². The molecule has 1 fully saturated rings. The molecule has 138 valence electrons. The molecule has 0 N–H and O–H groups in total. The van der Waals surface area contributed by atoms with Gasteiger partial charge >= 0.3 is 164 Å². The van der Waals surface area contributed by atoms with Crippen molar-refractivity contribution in [3.8, 4) is 5.75 Å². The summed E-state index contributed by atoms with van der Waals surface area (Å²) < 4.78 is 17.5. The summed E-state index contributed by atoms with van der Waals surface area (Å²) in [6.45, 7) is 1.99. The van der Waals surface area contributed by atoms with Crippen molar-refractivity contribution in [1.29, 1.82) is 0 Å². The number of rotatable bonds is 3. The van der Waals surface area contributed by atoms with Crippen molar-refractivity contribution in [2.24, 2.45) is 5.92 Å². The summed E-state index contributed by atoms with van der Waals surface area (Å²) in [4.78, 5) is 12.2. The SMILES string of the molecule is Cc1ccc2c(c1)OB(c1ccc(CC3C[I-]CC[I-]C3)cc1)OC2=O. The van der Waals surface area contributed by atoms with Crippen molar-refractivity contribution in [1.82, 2.24) is 0 Å². The number of alkyl halides is 4. The van der Waals surface area contributed by atoms with Gasteiger partial charge in [0.25, 0.3) is 0 Å². The summed E-state index contributed by atoms with van der Waals surface area (Å²) in [6, 6.07) is 14.0. The molecule has 2 aliphatic rings. The van der Waals surface area contributed by atoms with Crippen molar-refractivity contribution in [2.45, 2.75) is 13.3 Å². The van der Waals surface area contributed by atoms with Gasteiger partial charge in [-0.25, -0.2) is 0 Å². The molecule has 6 heteroatoms. The molecule has 1 saturated heterocycles. The second kappa shape index (κ2) is 8.50. The van der Waals surface area contributed by atoms with Gasteiger partial charge in [-0.2, -0.15) is 0 Å². The molecular weight excluding hydrogens is 553 g/mol. The topological polar surface area (TPSA) is 35.5 Å². The van der Waals surface area contributed by atoms with Crippen LogP contribution in [-0.4, -0.2) is 30.8 Å². The molecule has 26 heavy (non-hydrogen) atoms. The molecule has 0 unspecified atom stereocenters. The molecule has 2 aromatic rings. The molecule has 0 atom stereocenters. The predicted octanol–water partition coefficient (Wildman–Crippen LogP) is -3.71. The molecule has 0 bridgehead atoms. The van der Waals surface area contributed by atoms with Crippen LogP contribution in [0.1, 0.15) is 21.5 Å². The van der Waals surface area contributed by atoms with E-state index in [4.69, 9.17) is 9.31 Å². The van der Waals surface area contributed by atoms with E-state index >= 15 is 0 Å². The van der Waals surface area contributed by atoms with Gasteiger partial charge in [-0.05, 0) is 6.92 Å². The first-order chi connectivity index (χ1) is 12.7. The maximum atomic E-state index is 12.2. The third-order valence-electron chi connectivity index (χ3n) is 4.57. The average molecular weight is 574 g/mol. The first-order valence-corrected chi connectivity index (χ1v) is 14.9. The fourth-order valence-corrected chi connectivity index (χ4v) is 12.7. The molecule has 0 radical (unpaired) electrons. The third-order valence-corrected chi connectivity index (χ3v) is 13.0. The van der Waals surface area contributed by atoms with E-state index in [1.165, 1.54) is 20.8 Å². The summed E-state index contributed by atoms with van der Waals surface area (Å²) in [5, 5.41) is 0. The van der Waals surface area contributed by atoms with Gasteiger partial charge in [-0.3, -0.25) is 0 Å². The maximum absolute atomic E-state index is 12.2. The predicted molar refractivity (Wildman–Crippen MR) is 95.7 cm³/mol. The van der Waals surface area contributed by atoms with E-state index in [1.54, 1.807) is 14.9 Å². The van der Waals surface area contributed by atoms with Gasteiger partial charge in [0.15, 0.2) is 0 Å². The van der Waals surface area contributed by atoms with Crippen molar-refractivity contribution >= 4 is 18.6 Å². The van der Waals surface area contributed by atoms with Gasteiger partial charge in [0.05, 0.1) is 0 Å². The van der Waals surface area contributed by atoms with Crippen LogP contribution in [0.4, 0.5) is 0 Å². The van der Waals surface area contributed by atoms with E-state index in [0.29, 0.717) is 53.7 Å². The summed E-state index contributed by atoms with van der Waals surface area (Å²) in [5.41, 5.74) is 3.87. The van der Waals surface area contributed by atoms with Crippen molar-refractivity contribution < 1.29 is 56.5 Å². The van der Waals surface area contributed by atoms with Crippen LogP contribution in [0.25, 0.3) is 0 Å². The van der Waals surface area contributed by atoms with E-state index in [9.17, 15) is 4.79 Å². The van der Waals surface area contributed by atoms with Crippen molar-refractivity contribution in [3.63, 3.8) is 0 Å². The number of carbonyl (C=O) groups is 1. The zero-order chi connectivity index (χ0) is 17.9. The number of hydrogen-bond donors (Lipinski definition) is 0. The van der Waals surface area contributed by atoms with Gasteiger partial charge < -0.3 is 0 Å². The monoisotopic (exact) mass is 574 g/mol. The van der Waals surface area contributed by atoms with Crippen molar-refractivity contribution in [3.05, 3.63) is 59.2 Å². The average Bonchev–Trinajstić information content (AvgIpc) is 2.90. The van der Waals surface area contributed by atoms with Crippen LogP contribution in [-0.2, 0) is 11.1 Å². The van der Waals surface area contributed by atoms with Gasteiger partial charge in [-0.15, -0.1) is 0 Å². The second-order valence-corrected chi connectivity index (χ2v) is 12.8. The molecule has 0 amide bonds. The Labute approximate surface area is 175 Å². The fraction of sp³-hybridized carbons (Fsp3) is 0.350. The van der Waals surface area contributed by atoms with Crippen LogP contribution in [0, 0.1) is 12.8 Å². The van der Waals surface area contributed by atoms with Crippen LogP contribution in [0.15, 0.2) is 42.5 Å². The summed E-state index contributed by atoms with van der Waals surface area (Å²) >= 11 is 0.897. The Kier molecular flexibility index (Phi) is 6.08. The van der Waals surface area contributed by atoms with Gasteiger partial charge in [-0.1, -0.05) is 6.07 Å².